The van der Waals surface area contributed by atoms with Gasteiger partial charge in [0.05, 0.1) is 24.9 Å². The summed E-state index contributed by atoms with van der Waals surface area (Å²) in [5, 5.41) is 3.45. The zero-order valence-electron chi connectivity index (χ0n) is 19.3. The van der Waals surface area contributed by atoms with E-state index in [1.807, 2.05) is 31.7 Å². The minimum absolute atomic E-state index is 0.0148. The molecule has 1 aliphatic rings. The van der Waals surface area contributed by atoms with Crippen LogP contribution >= 0.6 is 0 Å². The van der Waals surface area contributed by atoms with Crippen LogP contribution in [0.15, 0.2) is 24.3 Å². The van der Waals surface area contributed by atoms with E-state index in [0.717, 1.165) is 12.8 Å². The van der Waals surface area contributed by atoms with E-state index in [-0.39, 0.29) is 30.1 Å². The summed E-state index contributed by atoms with van der Waals surface area (Å²) in [4.78, 5) is 27.1. The molecule has 0 saturated carbocycles. The molecule has 1 amide bonds. The average Bonchev–Trinajstić information content (AvgIpc) is 2.64. The Hall–Kier alpha value is -1.66. The summed E-state index contributed by atoms with van der Waals surface area (Å²) >= 11 is 0. The summed E-state index contributed by atoms with van der Waals surface area (Å²) in [7, 11) is 0. The summed E-state index contributed by atoms with van der Waals surface area (Å²) in [6, 6.07) is -0.397. The molecule has 0 aromatic carbocycles. The number of hydrogen-bond acceptors (Lipinski definition) is 5. The summed E-state index contributed by atoms with van der Waals surface area (Å²) in [6.07, 6.45) is 5.50. The normalized spacial score (nSPS) is 22.2. The first-order valence-corrected chi connectivity index (χ1v) is 10.8. The third kappa shape index (κ3) is 6.96. The van der Waals surface area contributed by atoms with Crippen molar-refractivity contribution in [3.8, 4) is 0 Å². The van der Waals surface area contributed by atoms with Gasteiger partial charge in [0.25, 0.3) is 0 Å². The fraction of sp³-hybridized carbons (Fsp3) is 0.739. The van der Waals surface area contributed by atoms with Crippen molar-refractivity contribution in [2.45, 2.75) is 97.6 Å². The molecule has 6 nitrogen and oxygen atoms in total. The number of ether oxygens (including phenoxy) is 2. The van der Waals surface area contributed by atoms with Gasteiger partial charge in [0, 0.05) is 30.6 Å². The molecular weight excluding hydrogens is 368 g/mol. The van der Waals surface area contributed by atoms with Crippen molar-refractivity contribution in [3.05, 3.63) is 24.3 Å². The maximum Gasteiger partial charge on any atom is 0.333 e. The molecule has 0 saturated heterocycles. The minimum Gasteiger partial charge on any atom is -0.463 e. The van der Waals surface area contributed by atoms with E-state index >= 15 is 0 Å². The van der Waals surface area contributed by atoms with Gasteiger partial charge < -0.3 is 19.7 Å². The van der Waals surface area contributed by atoms with Crippen LogP contribution < -0.4 is 5.32 Å². The Balaban J connectivity index is 3.47. The second-order valence-corrected chi connectivity index (χ2v) is 8.51. The van der Waals surface area contributed by atoms with Crippen LogP contribution in [-0.2, 0) is 19.1 Å². The average molecular weight is 409 g/mol. The Morgan fingerprint density at radius 1 is 1.31 bits per heavy atom. The Morgan fingerprint density at radius 3 is 2.38 bits per heavy atom. The summed E-state index contributed by atoms with van der Waals surface area (Å²) in [5.41, 5.74) is 0.202. The SMILES string of the molecule is C=CCN[C@H]1CC(C(=O)OCC)=C[C@@H](OC(CC)CC)[C@@H]1N(C(C)=O)C(C)(C)C. The van der Waals surface area contributed by atoms with E-state index in [4.69, 9.17) is 9.47 Å². The van der Waals surface area contributed by atoms with Gasteiger partial charge in [-0.1, -0.05) is 19.9 Å². The fourth-order valence-electron chi connectivity index (χ4n) is 4.03. The monoisotopic (exact) mass is 408 g/mol. The highest BCUT2D eigenvalue weighted by molar-refractivity contribution is 5.89. The van der Waals surface area contributed by atoms with Gasteiger partial charge in [0.1, 0.15) is 0 Å². The van der Waals surface area contributed by atoms with Crippen molar-refractivity contribution in [3.63, 3.8) is 0 Å². The van der Waals surface area contributed by atoms with Crippen molar-refractivity contribution < 1.29 is 19.1 Å². The molecule has 3 atom stereocenters. The number of hydrogen-bond donors (Lipinski definition) is 1. The van der Waals surface area contributed by atoms with Crippen LogP contribution in [0.4, 0.5) is 0 Å². The summed E-state index contributed by atoms with van der Waals surface area (Å²) in [6.45, 7) is 18.3. The molecule has 1 aliphatic carbocycles. The third-order valence-corrected chi connectivity index (χ3v) is 5.24. The number of carbonyl (C=O) groups is 2. The number of rotatable bonds is 10. The van der Waals surface area contributed by atoms with Crippen molar-refractivity contribution in [1.82, 2.24) is 10.2 Å². The Labute approximate surface area is 176 Å². The summed E-state index contributed by atoms with van der Waals surface area (Å²) in [5.74, 6) is -0.335. The smallest absolute Gasteiger partial charge is 0.333 e. The third-order valence-electron chi connectivity index (χ3n) is 5.24. The highest BCUT2D eigenvalue weighted by Crippen LogP contribution is 2.32. The molecule has 0 aromatic rings. The number of carbonyl (C=O) groups excluding carboxylic acids is 2. The van der Waals surface area contributed by atoms with Crippen LogP contribution in [0.1, 0.15) is 67.7 Å². The van der Waals surface area contributed by atoms with Crippen LogP contribution in [0, 0.1) is 0 Å². The van der Waals surface area contributed by atoms with Gasteiger partial charge in [-0.2, -0.15) is 0 Å². The lowest BCUT2D eigenvalue weighted by atomic mass is 9.84. The predicted octanol–water partition coefficient (Wildman–Crippen LogP) is 3.61. The first kappa shape index (κ1) is 25.4. The maximum atomic E-state index is 12.7. The highest BCUT2D eigenvalue weighted by atomic mass is 16.5. The van der Waals surface area contributed by atoms with Crippen LogP contribution in [0.3, 0.4) is 0 Å². The second kappa shape index (κ2) is 11.5. The van der Waals surface area contributed by atoms with Gasteiger partial charge in [-0.15, -0.1) is 6.58 Å². The lowest BCUT2D eigenvalue weighted by Crippen LogP contribution is -2.64. The molecule has 0 bridgehead atoms. The van der Waals surface area contributed by atoms with Gasteiger partial charge >= 0.3 is 5.97 Å². The van der Waals surface area contributed by atoms with Crippen LogP contribution in [0.2, 0.25) is 0 Å². The van der Waals surface area contributed by atoms with E-state index in [9.17, 15) is 9.59 Å². The molecule has 0 aliphatic heterocycles. The Bertz CT molecular complexity index is 590. The molecule has 29 heavy (non-hydrogen) atoms. The largest absolute Gasteiger partial charge is 0.463 e. The molecule has 0 aromatic heterocycles. The summed E-state index contributed by atoms with van der Waals surface area (Å²) < 4.78 is 11.7. The van der Waals surface area contributed by atoms with Crippen LogP contribution in [0.25, 0.3) is 0 Å². The van der Waals surface area contributed by atoms with Crippen LogP contribution in [0.5, 0.6) is 0 Å². The molecular formula is C23H40N2O4. The first-order valence-electron chi connectivity index (χ1n) is 10.8. The van der Waals surface area contributed by atoms with E-state index < -0.39 is 11.6 Å². The highest BCUT2D eigenvalue weighted by Gasteiger charge is 2.44. The predicted molar refractivity (Wildman–Crippen MR) is 117 cm³/mol. The lowest BCUT2D eigenvalue weighted by molar-refractivity contribution is -0.146. The standard InChI is InChI=1S/C23H40N2O4/c1-9-13-24-19-14-17(22(27)28-12-4)15-20(29-18(10-2)11-3)21(19)25(16(5)26)23(6,7)8/h9,15,18-21,24H,1,10-14H2,2-8H3/t19-,20+,21+/m0/s1. The van der Waals surface area contributed by atoms with Gasteiger partial charge in [-0.25, -0.2) is 4.79 Å². The molecule has 0 unspecified atom stereocenters. The zero-order chi connectivity index (χ0) is 22.2. The number of amides is 1. The molecule has 1 rings (SSSR count). The first-order chi connectivity index (χ1) is 13.6. The van der Waals surface area contributed by atoms with Gasteiger partial charge in [-0.05, 0) is 53.0 Å². The van der Waals surface area contributed by atoms with E-state index in [2.05, 4.69) is 25.7 Å². The van der Waals surface area contributed by atoms with Crippen molar-refractivity contribution in [2.75, 3.05) is 13.2 Å². The van der Waals surface area contributed by atoms with E-state index in [1.54, 1.807) is 19.9 Å². The zero-order valence-corrected chi connectivity index (χ0v) is 19.3. The molecule has 0 heterocycles. The fourth-order valence-corrected chi connectivity index (χ4v) is 4.03. The van der Waals surface area contributed by atoms with E-state index in [0.29, 0.717) is 25.1 Å². The second-order valence-electron chi connectivity index (χ2n) is 8.51. The van der Waals surface area contributed by atoms with Gasteiger partial charge in [0.2, 0.25) is 5.91 Å². The van der Waals surface area contributed by atoms with Crippen molar-refractivity contribution >= 4 is 11.9 Å². The Kier molecular flexibility index (Phi) is 10.1. The molecule has 0 spiro atoms. The number of nitrogens with zero attached hydrogens (tertiary/aromatic N) is 1. The van der Waals surface area contributed by atoms with Crippen molar-refractivity contribution in [2.24, 2.45) is 0 Å². The van der Waals surface area contributed by atoms with Crippen LogP contribution in [-0.4, -0.2) is 59.8 Å². The van der Waals surface area contributed by atoms with Gasteiger partial charge in [-0.3, -0.25) is 4.79 Å². The van der Waals surface area contributed by atoms with Crippen molar-refractivity contribution in [1.29, 1.82) is 0 Å². The maximum absolute atomic E-state index is 12.7. The topological polar surface area (TPSA) is 67.9 Å². The molecule has 0 fully saturated rings. The lowest BCUT2D eigenvalue weighted by Gasteiger charge is -2.49. The number of nitrogens with one attached hydrogen (secondary N) is 1. The quantitative estimate of drug-likeness (QED) is 0.442. The molecule has 0 radical (unpaired) electrons. The molecule has 6 heteroatoms. The van der Waals surface area contributed by atoms with Gasteiger partial charge in [0.15, 0.2) is 0 Å². The Morgan fingerprint density at radius 2 is 1.93 bits per heavy atom. The molecule has 166 valence electrons. The minimum atomic E-state index is -0.404. The molecule has 1 N–H and O–H groups in total. The number of esters is 1. The van der Waals surface area contributed by atoms with E-state index in [1.165, 1.54) is 0 Å².